The van der Waals surface area contributed by atoms with Gasteiger partial charge in [0.2, 0.25) is 11.8 Å². The Hall–Kier alpha value is -2.37. The van der Waals surface area contributed by atoms with E-state index in [1.807, 2.05) is 31.2 Å². The summed E-state index contributed by atoms with van der Waals surface area (Å²) in [6.45, 7) is 3.51. The molecule has 6 heteroatoms. The molecule has 2 N–H and O–H groups in total. The zero-order valence-electron chi connectivity index (χ0n) is 13.1. The van der Waals surface area contributed by atoms with E-state index < -0.39 is 12.0 Å². The molecule has 0 bridgehead atoms. The predicted molar refractivity (Wildman–Crippen MR) is 82.2 cm³/mol. The molecular weight excluding hydrogens is 284 g/mol. The van der Waals surface area contributed by atoms with Gasteiger partial charge in [-0.1, -0.05) is 29.8 Å². The third-order valence-electron chi connectivity index (χ3n) is 3.32. The smallest absolute Gasteiger partial charge is 0.305 e. The number of hydrogen-bond donors (Lipinski definition) is 2. The number of carboxylic acid groups (broad SMARTS) is 1. The summed E-state index contributed by atoms with van der Waals surface area (Å²) >= 11 is 0. The van der Waals surface area contributed by atoms with Crippen molar-refractivity contribution in [3.05, 3.63) is 35.4 Å². The van der Waals surface area contributed by atoms with Crippen LogP contribution < -0.4 is 5.32 Å². The number of rotatable bonds is 7. The highest BCUT2D eigenvalue weighted by Gasteiger charge is 2.19. The van der Waals surface area contributed by atoms with E-state index >= 15 is 0 Å². The molecule has 1 aromatic rings. The molecule has 1 unspecified atom stereocenters. The molecule has 1 rings (SSSR count). The molecule has 0 aliphatic heterocycles. The van der Waals surface area contributed by atoms with Gasteiger partial charge in [-0.15, -0.1) is 0 Å². The lowest BCUT2D eigenvalue weighted by Crippen LogP contribution is -2.34. The van der Waals surface area contributed by atoms with Crippen molar-refractivity contribution in [2.24, 2.45) is 0 Å². The first-order chi connectivity index (χ1) is 10.3. The quantitative estimate of drug-likeness (QED) is 0.799. The van der Waals surface area contributed by atoms with E-state index in [2.05, 4.69) is 5.32 Å². The van der Waals surface area contributed by atoms with Gasteiger partial charge in [-0.2, -0.15) is 0 Å². The molecule has 6 nitrogen and oxygen atoms in total. The normalized spacial score (nSPS) is 11.6. The second-order valence-corrected chi connectivity index (χ2v) is 5.33. The zero-order chi connectivity index (χ0) is 16.7. The van der Waals surface area contributed by atoms with E-state index in [-0.39, 0.29) is 31.2 Å². The van der Waals surface area contributed by atoms with Gasteiger partial charge in [0.25, 0.3) is 0 Å². The fourth-order valence-corrected chi connectivity index (χ4v) is 2.01. The van der Waals surface area contributed by atoms with Crippen LogP contribution >= 0.6 is 0 Å². The standard InChI is InChI=1S/C16H22N2O4/c1-11-4-6-13(7-5-11)14(17-12(2)19)10-15(20)18(3)9-8-16(21)22/h4-7,14H,8-10H2,1-3H3,(H,17,19)(H,21,22). The zero-order valence-corrected chi connectivity index (χ0v) is 13.1. The van der Waals surface area contributed by atoms with Gasteiger partial charge in [0, 0.05) is 20.5 Å². The summed E-state index contributed by atoms with van der Waals surface area (Å²) in [7, 11) is 1.56. The second kappa shape index (κ2) is 8.17. The summed E-state index contributed by atoms with van der Waals surface area (Å²) in [6.07, 6.45) is -0.00364. The number of aryl methyl sites for hydroxylation is 1. The molecule has 0 saturated heterocycles. The molecular formula is C16H22N2O4. The molecule has 0 radical (unpaired) electrons. The minimum absolute atomic E-state index is 0.0960. The van der Waals surface area contributed by atoms with Crippen molar-refractivity contribution in [1.29, 1.82) is 0 Å². The number of amides is 2. The van der Waals surface area contributed by atoms with Gasteiger partial charge < -0.3 is 15.3 Å². The van der Waals surface area contributed by atoms with Crippen molar-refractivity contribution in [3.63, 3.8) is 0 Å². The molecule has 0 aliphatic rings. The first-order valence-corrected chi connectivity index (χ1v) is 7.09. The van der Waals surface area contributed by atoms with Crippen LogP contribution in [0.4, 0.5) is 0 Å². The molecule has 0 fully saturated rings. The predicted octanol–water partition coefficient (Wildman–Crippen LogP) is 1.50. The van der Waals surface area contributed by atoms with Crippen molar-refractivity contribution >= 4 is 17.8 Å². The Morgan fingerprint density at radius 1 is 1.23 bits per heavy atom. The Kier molecular flexibility index (Phi) is 6.56. The summed E-state index contributed by atoms with van der Waals surface area (Å²) in [5, 5.41) is 11.4. The molecule has 1 atom stereocenters. The average molecular weight is 306 g/mol. The van der Waals surface area contributed by atoms with Gasteiger partial charge in [0.05, 0.1) is 18.9 Å². The highest BCUT2D eigenvalue weighted by atomic mass is 16.4. The van der Waals surface area contributed by atoms with Crippen LogP contribution in [0.2, 0.25) is 0 Å². The number of nitrogens with one attached hydrogen (secondary N) is 1. The lowest BCUT2D eigenvalue weighted by molar-refractivity contribution is -0.138. The number of carbonyl (C=O) groups excluding carboxylic acids is 2. The first kappa shape index (κ1) is 17.7. The summed E-state index contributed by atoms with van der Waals surface area (Å²) in [6, 6.07) is 7.17. The van der Waals surface area contributed by atoms with E-state index in [0.717, 1.165) is 11.1 Å². The Balaban J connectivity index is 2.76. The van der Waals surface area contributed by atoms with Gasteiger partial charge in [-0.3, -0.25) is 14.4 Å². The number of hydrogen-bond acceptors (Lipinski definition) is 3. The number of aliphatic carboxylic acids is 1. The number of carbonyl (C=O) groups is 3. The Morgan fingerprint density at radius 2 is 1.82 bits per heavy atom. The summed E-state index contributed by atoms with van der Waals surface area (Å²) in [5.74, 6) is -1.37. The Morgan fingerprint density at radius 3 is 2.32 bits per heavy atom. The second-order valence-electron chi connectivity index (χ2n) is 5.33. The summed E-state index contributed by atoms with van der Waals surface area (Å²) < 4.78 is 0. The number of carboxylic acids is 1. The van der Waals surface area contributed by atoms with Gasteiger partial charge in [0.1, 0.15) is 0 Å². The first-order valence-electron chi connectivity index (χ1n) is 7.09. The van der Waals surface area contributed by atoms with E-state index in [9.17, 15) is 14.4 Å². The van der Waals surface area contributed by atoms with Gasteiger partial charge in [0.15, 0.2) is 0 Å². The van der Waals surface area contributed by atoms with Crippen molar-refractivity contribution in [2.75, 3.05) is 13.6 Å². The Labute approximate surface area is 130 Å². The van der Waals surface area contributed by atoms with Gasteiger partial charge >= 0.3 is 5.97 Å². The molecule has 1 aromatic carbocycles. The van der Waals surface area contributed by atoms with Gasteiger partial charge in [-0.25, -0.2) is 0 Å². The van der Waals surface area contributed by atoms with E-state index in [1.165, 1.54) is 11.8 Å². The lowest BCUT2D eigenvalue weighted by Gasteiger charge is -2.22. The summed E-state index contributed by atoms with van der Waals surface area (Å²) in [5.41, 5.74) is 1.94. The third-order valence-corrected chi connectivity index (χ3v) is 3.32. The van der Waals surface area contributed by atoms with Crippen molar-refractivity contribution in [1.82, 2.24) is 10.2 Å². The minimum atomic E-state index is -0.948. The minimum Gasteiger partial charge on any atom is -0.481 e. The average Bonchev–Trinajstić information content (AvgIpc) is 2.44. The van der Waals surface area contributed by atoms with Crippen LogP contribution in [0.15, 0.2) is 24.3 Å². The maximum absolute atomic E-state index is 12.2. The third kappa shape index (κ3) is 5.95. The maximum atomic E-state index is 12.2. The number of benzene rings is 1. The fourth-order valence-electron chi connectivity index (χ4n) is 2.01. The molecule has 120 valence electrons. The lowest BCUT2D eigenvalue weighted by atomic mass is 10.0. The van der Waals surface area contributed by atoms with Crippen molar-refractivity contribution < 1.29 is 19.5 Å². The van der Waals surface area contributed by atoms with Crippen LogP contribution in [0, 0.1) is 6.92 Å². The Bertz CT molecular complexity index is 540. The molecule has 0 saturated carbocycles. The van der Waals surface area contributed by atoms with Crippen LogP contribution in [0.25, 0.3) is 0 Å². The highest BCUT2D eigenvalue weighted by Crippen LogP contribution is 2.18. The van der Waals surface area contributed by atoms with Gasteiger partial charge in [-0.05, 0) is 12.5 Å². The van der Waals surface area contributed by atoms with E-state index in [1.54, 1.807) is 7.05 Å². The van der Waals surface area contributed by atoms with Crippen LogP contribution in [-0.4, -0.2) is 41.4 Å². The fraction of sp³-hybridized carbons (Fsp3) is 0.438. The monoisotopic (exact) mass is 306 g/mol. The summed E-state index contributed by atoms with van der Waals surface area (Å²) in [4.78, 5) is 35.4. The number of nitrogens with zero attached hydrogens (tertiary/aromatic N) is 1. The van der Waals surface area contributed by atoms with E-state index in [4.69, 9.17) is 5.11 Å². The van der Waals surface area contributed by atoms with Crippen molar-refractivity contribution in [2.45, 2.75) is 32.7 Å². The SMILES string of the molecule is CC(=O)NC(CC(=O)N(C)CCC(=O)O)c1ccc(C)cc1. The molecule has 2 amide bonds. The molecule has 0 heterocycles. The van der Waals surface area contributed by atoms with Crippen LogP contribution in [-0.2, 0) is 14.4 Å². The molecule has 0 spiro atoms. The van der Waals surface area contributed by atoms with Crippen LogP contribution in [0.3, 0.4) is 0 Å². The highest BCUT2D eigenvalue weighted by molar-refractivity contribution is 5.79. The van der Waals surface area contributed by atoms with Crippen LogP contribution in [0.1, 0.15) is 36.9 Å². The molecule has 22 heavy (non-hydrogen) atoms. The maximum Gasteiger partial charge on any atom is 0.305 e. The largest absolute Gasteiger partial charge is 0.481 e. The van der Waals surface area contributed by atoms with Crippen molar-refractivity contribution in [3.8, 4) is 0 Å². The topological polar surface area (TPSA) is 86.7 Å². The van der Waals surface area contributed by atoms with E-state index in [0.29, 0.717) is 0 Å². The molecule has 0 aromatic heterocycles. The van der Waals surface area contributed by atoms with Crippen LogP contribution in [0.5, 0.6) is 0 Å². The molecule has 0 aliphatic carbocycles.